The summed E-state index contributed by atoms with van der Waals surface area (Å²) in [5, 5.41) is 8.88. The first-order valence-corrected chi connectivity index (χ1v) is 7.06. The Morgan fingerprint density at radius 2 is 2.05 bits per heavy atom. The maximum atomic E-state index is 12.7. The molecule has 0 aliphatic carbocycles. The first-order chi connectivity index (χ1) is 9.93. The molecule has 114 valence electrons. The van der Waals surface area contributed by atoms with E-state index in [1.54, 1.807) is 18.2 Å². The number of anilines is 2. The van der Waals surface area contributed by atoms with Crippen molar-refractivity contribution in [3.8, 4) is 5.75 Å². The van der Waals surface area contributed by atoms with E-state index < -0.39 is 11.6 Å². The summed E-state index contributed by atoms with van der Waals surface area (Å²) in [6, 6.07) is 5.05. The third kappa shape index (κ3) is 2.66. The highest BCUT2D eigenvalue weighted by molar-refractivity contribution is 6.03. The zero-order chi connectivity index (χ0) is 15.6. The van der Waals surface area contributed by atoms with Crippen LogP contribution in [-0.4, -0.2) is 29.1 Å². The minimum absolute atomic E-state index is 0.112. The van der Waals surface area contributed by atoms with Crippen LogP contribution in [0, 0.1) is 0 Å². The van der Waals surface area contributed by atoms with Gasteiger partial charge in [0.15, 0.2) is 5.60 Å². The number of carboxylic acids is 1. The number of ether oxygens (including phenoxy) is 1. The van der Waals surface area contributed by atoms with E-state index in [2.05, 4.69) is 0 Å². The maximum absolute atomic E-state index is 12.7. The highest BCUT2D eigenvalue weighted by atomic mass is 16.5. The van der Waals surface area contributed by atoms with Crippen LogP contribution in [0.25, 0.3) is 0 Å². The van der Waals surface area contributed by atoms with Crippen molar-refractivity contribution >= 4 is 23.3 Å². The van der Waals surface area contributed by atoms with Crippen molar-refractivity contribution in [1.82, 2.24) is 0 Å². The Kier molecular flexibility index (Phi) is 4.06. The fourth-order valence-electron chi connectivity index (χ4n) is 2.57. The number of carbonyl (C=O) groups excluding carboxylic acids is 1. The van der Waals surface area contributed by atoms with Crippen molar-refractivity contribution in [2.24, 2.45) is 0 Å². The van der Waals surface area contributed by atoms with Gasteiger partial charge in [-0.05, 0) is 25.0 Å². The average Bonchev–Trinajstić information content (AvgIpc) is 2.45. The first kappa shape index (κ1) is 15.2. The first-order valence-electron chi connectivity index (χ1n) is 7.06. The molecule has 0 atom stereocenters. The summed E-state index contributed by atoms with van der Waals surface area (Å²) in [6.07, 6.45) is 0.916. The molecule has 0 saturated carbocycles. The van der Waals surface area contributed by atoms with Gasteiger partial charge >= 0.3 is 5.97 Å². The average molecular weight is 292 g/mol. The predicted molar refractivity (Wildman–Crippen MR) is 79.4 cm³/mol. The largest absolute Gasteiger partial charge is 0.481 e. The molecule has 0 spiro atoms. The number of nitrogen functional groups attached to an aromatic ring is 1. The quantitative estimate of drug-likeness (QED) is 0.810. The topological polar surface area (TPSA) is 92.9 Å². The van der Waals surface area contributed by atoms with Gasteiger partial charge in [0.25, 0.3) is 5.91 Å². The smallest absolute Gasteiger partial charge is 0.305 e. The lowest BCUT2D eigenvalue weighted by Crippen LogP contribution is -2.56. The number of aliphatic carboxylic acids is 1. The van der Waals surface area contributed by atoms with Crippen LogP contribution in [0.2, 0.25) is 0 Å². The van der Waals surface area contributed by atoms with Crippen molar-refractivity contribution < 1.29 is 19.4 Å². The summed E-state index contributed by atoms with van der Waals surface area (Å²) in [6.45, 7) is 3.89. The lowest BCUT2D eigenvalue weighted by molar-refractivity contribution is -0.138. The molecule has 0 fully saturated rings. The van der Waals surface area contributed by atoms with Crippen molar-refractivity contribution in [3.05, 3.63) is 18.2 Å². The molecule has 1 amide bonds. The minimum Gasteiger partial charge on any atom is -0.481 e. The van der Waals surface area contributed by atoms with E-state index in [1.807, 2.05) is 13.8 Å². The molecule has 0 bridgehead atoms. The van der Waals surface area contributed by atoms with E-state index in [0.29, 0.717) is 30.0 Å². The van der Waals surface area contributed by atoms with Crippen molar-refractivity contribution in [2.75, 3.05) is 17.2 Å². The predicted octanol–water partition coefficient (Wildman–Crippen LogP) is 2.03. The molecular weight excluding hydrogens is 272 g/mol. The molecule has 0 unspecified atom stereocenters. The number of hydrogen-bond donors (Lipinski definition) is 2. The number of hydrogen-bond acceptors (Lipinski definition) is 4. The molecule has 0 radical (unpaired) electrons. The van der Waals surface area contributed by atoms with Gasteiger partial charge in [-0.25, -0.2) is 0 Å². The van der Waals surface area contributed by atoms with Crippen LogP contribution in [0.4, 0.5) is 11.4 Å². The van der Waals surface area contributed by atoms with Crippen molar-refractivity contribution in [3.63, 3.8) is 0 Å². The van der Waals surface area contributed by atoms with Gasteiger partial charge in [-0.3, -0.25) is 9.59 Å². The number of fused-ring (bicyclic) bond motifs is 1. The Labute approximate surface area is 123 Å². The molecule has 0 aromatic heterocycles. The van der Waals surface area contributed by atoms with Crippen LogP contribution in [0.1, 0.15) is 33.1 Å². The normalized spacial score (nSPS) is 16.3. The van der Waals surface area contributed by atoms with Gasteiger partial charge < -0.3 is 20.5 Å². The maximum Gasteiger partial charge on any atom is 0.305 e. The summed E-state index contributed by atoms with van der Waals surface area (Å²) in [5.41, 5.74) is 5.95. The highest BCUT2D eigenvalue weighted by Crippen LogP contribution is 2.41. The zero-order valence-corrected chi connectivity index (χ0v) is 12.3. The van der Waals surface area contributed by atoms with E-state index in [1.165, 1.54) is 4.90 Å². The summed E-state index contributed by atoms with van der Waals surface area (Å²) < 4.78 is 5.93. The second-order valence-corrected chi connectivity index (χ2v) is 5.13. The summed E-state index contributed by atoms with van der Waals surface area (Å²) >= 11 is 0. The Balaban J connectivity index is 2.46. The molecule has 1 aromatic carbocycles. The van der Waals surface area contributed by atoms with Gasteiger partial charge in [-0.1, -0.05) is 13.8 Å². The molecule has 21 heavy (non-hydrogen) atoms. The summed E-state index contributed by atoms with van der Waals surface area (Å²) in [5.74, 6) is -0.598. The number of benzene rings is 1. The van der Waals surface area contributed by atoms with Crippen LogP contribution in [0.15, 0.2) is 18.2 Å². The van der Waals surface area contributed by atoms with E-state index in [4.69, 9.17) is 15.6 Å². The fraction of sp³-hybridized carbons (Fsp3) is 0.467. The Morgan fingerprint density at radius 3 is 2.62 bits per heavy atom. The monoisotopic (exact) mass is 292 g/mol. The Hall–Kier alpha value is -2.24. The minimum atomic E-state index is -0.945. The third-order valence-corrected chi connectivity index (χ3v) is 3.91. The van der Waals surface area contributed by atoms with Crippen LogP contribution in [0.3, 0.4) is 0 Å². The molecule has 3 N–H and O–H groups in total. The molecule has 2 rings (SSSR count). The molecular formula is C15H20N2O4. The van der Waals surface area contributed by atoms with Crippen LogP contribution >= 0.6 is 0 Å². The number of amides is 1. The van der Waals surface area contributed by atoms with Gasteiger partial charge in [0.2, 0.25) is 0 Å². The molecule has 1 aromatic rings. The molecule has 6 nitrogen and oxygen atoms in total. The van der Waals surface area contributed by atoms with E-state index in [-0.39, 0.29) is 18.9 Å². The molecule has 1 aliphatic heterocycles. The van der Waals surface area contributed by atoms with E-state index in [0.717, 1.165) is 0 Å². The standard InChI is InChI=1S/C15H20N2O4/c1-3-15(4-2)14(20)17(8-7-13(18)19)11-6-5-10(16)9-12(11)21-15/h5-6,9H,3-4,7-8,16H2,1-2H3,(H,18,19). The van der Waals surface area contributed by atoms with Gasteiger partial charge in [0.1, 0.15) is 5.75 Å². The second-order valence-electron chi connectivity index (χ2n) is 5.13. The second kappa shape index (κ2) is 5.63. The van der Waals surface area contributed by atoms with Crippen LogP contribution < -0.4 is 15.4 Å². The van der Waals surface area contributed by atoms with Crippen molar-refractivity contribution in [1.29, 1.82) is 0 Å². The van der Waals surface area contributed by atoms with Gasteiger partial charge in [0, 0.05) is 18.3 Å². The van der Waals surface area contributed by atoms with Crippen LogP contribution in [0.5, 0.6) is 5.75 Å². The highest BCUT2D eigenvalue weighted by Gasteiger charge is 2.45. The fourth-order valence-corrected chi connectivity index (χ4v) is 2.57. The SMILES string of the molecule is CCC1(CC)Oc2cc(N)ccc2N(CCC(=O)O)C1=O. The molecule has 1 aliphatic rings. The third-order valence-electron chi connectivity index (χ3n) is 3.91. The lowest BCUT2D eigenvalue weighted by atomic mass is 9.92. The van der Waals surface area contributed by atoms with Crippen LogP contribution in [-0.2, 0) is 9.59 Å². The summed E-state index contributed by atoms with van der Waals surface area (Å²) in [4.78, 5) is 25.1. The Bertz CT molecular complexity index is 567. The van der Waals surface area contributed by atoms with Crippen molar-refractivity contribution in [2.45, 2.75) is 38.7 Å². The summed E-state index contributed by atoms with van der Waals surface area (Å²) in [7, 11) is 0. The number of carboxylic acid groups (broad SMARTS) is 1. The Morgan fingerprint density at radius 1 is 1.38 bits per heavy atom. The van der Waals surface area contributed by atoms with Gasteiger partial charge in [0.05, 0.1) is 12.1 Å². The lowest BCUT2D eigenvalue weighted by Gasteiger charge is -2.42. The number of carbonyl (C=O) groups is 2. The number of nitrogens with two attached hydrogens (primary N) is 1. The zero-order valence-electron chi connectivity index (χ0n) is 12.3. The number of nitrogens with zero attached hydrogens (tertiary/aromatic N) is 1. The van der Waals surface area contributed by atoms with E-state index in [9.17, 15) is 9.59 Å². The van der Waals surface area contributed by atoms with E-state index >= 15 is 0 Å². The van der Waals surface area contributed by atoms with Gasteiger partial charge in [-0.2, -0.15) is 0 Å². The molecule has 0 saturated heterocycles. The van der Waals surface area contributed by atoms with Gasteiger partial charge in [-0.15, -0.1) is 0 Å². The molecule has 6 heteroatoms. The number of rotatable bonds is 5. The molecule has 1 heterocycles.